The van der Waals surface area contributed by atoms with Gasteiger partial charge in [-0.1, -0.05) is 0 Å². The van der Waals surface area contributed by atoms with E-state index in [9.17, 15) is 4.39 Å². The van der Waals surface area contributed by atoms with Gasteiger partial charge in [-0.2, -0.15) is 0 Å². The Morgan fingerprint density at radius 2 is 1.89 bits per heavy atom. The topological polar surface area (TPSA) is 75.9 Å². The van der Waals surface area contributed by atoms with Gasteiger partial charge in [-0.05, 0) is 54.6 Å². The highest BCUT2D eigenvalue weighted by molar-refractivity contribution is 14.1. The van der Waals surface area contributed by atoms with Gasteiger partial charge in [-0.15, -0.1) is 0 Å². The summed E-state index contributed by atoms with van der Waals surface area (Å²) in [5.41, 5.74) is 4.12. The third kappa shape index (κ3) is 3.10. The van der Waals surface area contributed by atoms with E-state index in [1.807, 2.05) is 6.92 Å². The average molecular weight is 373 g/mol. The van der Waals surface area contributed by atoms with E-state index in [1.54, 1.807) is 13.0 Å². The fraction of sp³-hybridized carbons (Fsp3) is 0.167. The number of anilines is 3. The van der Waals surface area contributed by atoms with Crippen molar-refractivity contribution in [2.24, 2.45) is 5.84 Å². The molecule has 0 bridgehead atoms. The molecular formula is C12H13FIN5. The lowest BCUT2D eigenvalue weighted by molar-refractivity contribution is 0.627. The molecule has 100 valence electrons. The Balaban J connectivity index is 2.40. The highest BCUT2D eigenvalue weighted by atomic mass is 127. The number of nitrogen functional groups attached to an aromatic ring is 1. The van der Waals surface area contributed by atoms with Crippen LogP contribution in [-0.4, -0.2) is 9.97 Å². The number of aryl methyl sites for hydroxylation is 1. The summed E-state index contributed by atoms with van der Waals surface area (Å²) < 4.78 is 13.8. The number of aromatic nitrogens is 2. The van der Waals surface area contributed by atoms with E-state index in [4.69, 9.17) is 5.84 Å². The maximum atomic E-state index is 13.1. The summed E-state index contributed by atoms with van der Waals surface area (Å²) in [5.74, 6) is 6.94. The summed E-state index contributed by atoms with van der Waals surface area (Å²) in [4.78, 5) is 8.51. The summed E-state index contributed by atoms with van der Waals surface area (Å²) in [6.07, 6.45) is 0. The molecule has 0 aliphatic rings. The normalized spacial score (nSPS) is 10.4. The van der Waals surface area contributed by atoms with Crippen molar-refractivity contribution in [1.29, 1.82) is 0 Å². The first kappa shape index (κ1) is 13.9. The van der Waals surface area contributed by atoms with E-state index >= 15 is 0 Å². The molecule has 2 rings (SSSR count). The fourth-order valence-electron chi connectivity index (χ4n) is 1.61. The number of hydrogen-bond donors (Lipinski definition) is 3. The molecule has 0 amide bonds. The van der Waals surface area contributed by atoms with Gasteiger partial charge in [0.2, 0.25) is 0 Å². The molecule has 7 heteroatoms. The third-order valence-corrected chi connectivity index (χ3v) is 3.47. The van der Waals surface area contributed by atoms with E-state index < -0.39 is 0 Å². The van der Waals surface area contributed by atoms with Crippen LogP contribution in [-0.2, 0) is 0 Å². The molecule has 4 N–H and O–H groups in total. The Bertz CT molecular complexity index is 617. The predicted octanol–water partition coefficient (Wildman–Crippen LogP) is 2.87. The predicted molar refractivity (Wildman–Crippen MR) is 81.7 cm³/mol. The number of halogens is 2. The molecule has 1 aromatic heterocycles. The first-order chi connectivity index (χ1) is 9.01. The standard InChI is InChI=1S/C12H13FIN5/c1-6-11(16-7(2)17-12(6)19-15)18-10-4-3-8(13)5-9(10)14/h3-5H,15H2,1-2H3,(H2,16,17,18,19). The summed E-state index contributed by atoms with van der Waals surface area (Å²) in [6.45, 7) is 3.63. The Kier molecular flexibility index (Phi) is 4.15. The molecule has 1 aromatic carbocycles. The van der Waals surface area contributed by atoms with Crippen LogP contribution in [0, 0.1) is 23.2 Å². The minimum atomic E-state index is -0.269. The monoisotopic (exact) mass is 373 g/mol. The first-order valence-electron chi connectivity index (χ1n) is 5.55. The second-order valence-corrected chi connectivity index (χ2v) is 5.15. The van der Waals surface area contributed by atoms with Crippen molar-refractivity contribution >= 4 is 39.9 Å². The van der Waals surface area contributed by atoms with Gasteiger partial charge in [0.25, 0.3) is 0 Å². The first-order valence-corrected chi connectivity index (χ1v) is 6.63. The Labute approximate surface area is 123 Å². The number of hydrogen-bond acceptors (Lipinski definition) is 5. The Morgan fingerprint density at radius 3 is 2.53 bits per heavy atom. The Morgan fingerprint density at radius 1 is 1.21 bits per heavy atom. The molecule has 0 unspecified atom stereocenters. The van der Waals surface area contributed by atoms with E-state index in [0.717, 1.165) is 14.8 Å². The smallest absolute Gasteiger partial charge is 0.148 e. The second-order valence-electron chi connectivity index (χ2n) is 3.99. The minimum absolute atomic E-state index is 0.269. The summed E-state index contributed by atoms with van der Waals surface area (Å²) in [7, 11) is 0. The van der Waals surface area contributed by atoms with Crippen LogP contribution in [0.5, 0.6) is 0 Å². The molecule has 0 saturated heterocycles. The molecule has 0 aliphatic heterocycles. The lowest BCUT2D eigenvalue weighted by atomic mass is 10.2. The molecule has 2 aromatic rings. The third-order valence-electron chi connectivity index (χ3n) is 2.58. The van der Waals surface area contributed by atoms with Gasteiger partial charge >= 0.3 is 0 Å². The lowest BCUT2D eigenvalue weighted by Crippen LogP contribution is -2.13. The molecule has 0 spiro atoms. The van der Waals surface area contributed by atoms with Gasteiger partial charge in [-0.3, -0.25) is 0 Å². The Hall–Kier alpha value is -1.48. The largest absolute Gasteiger partial charge is 0.339 e. The fourth-order valence-corrected chi connectivity index (χ4v) is 2.22. The van der Waals surface area contributed by atoms with Crippen LogP contribution in [0.1, 0.15) is 11.4 Å². The van der Waals surface area contributed by atoms with Crippen molar-refractivity contribution in [3.05, 3.63) is 39.0 Å². The maximum absolute atomic E-state index is 13.1. The van der Waals surface area contributed by atoms with Crippen molar-refractivity contribution < 1.29 is 4.39 Å². The van der Waals surface area contributed by atoms with E-state index in [1.165, 1.54) is 12.1 Å². The van der Waals surface area contributed by atoms with Gasteiger partial charge in [0.05, 0.1) is 5.69 Å². The van der Waals surface area contributed by atoms with Crippen molar-refractivity contribution in [3.8, 4) is 0 Å². The van der Waals surface area contributed by atoms with Crippen LogP contribution in [0.25, 0.3) is 0 Å². The zero-order chi connectivity index (χ0) is 14.0. The van der Waals surface area contributed by atoms with Crippen LogP contribution in [0.4, 0.5) is 21.7 Å². The molecule has 1 heterocycles. The molecule has 0 aliphatic carbocycles. The van der Waals surface area contributed by atoms with Gasteiger partial charge in [-0.25, -0.2) is 20.2 Å². The quantitative estimate of drug-likeness (QED) is 0.438. The molecule has 0 fully saturated rings. The number of hydrazine groups is 1. The number of nitrogens with two attached hydrogens (primary N) is 1. The van der Waals surface area contributed by atoms with E-state index in [0.29, 0.717) is 17.5 Å². The van der Waals surface area contributed by atoms with Crippen LogP contribution in [0.2, 0.25) is 0 Å². The summed E-state index contributed by atoms with van der Waals surface area (Å²) in [6, 6.07) is 4.52. The maximum Gasteiger partial charge on any atom is 0.148 e. The number of benzene rings is 1. The number of rotatable bonds is 3. The van der Waals surface area contributed by atoms with Crippen LogP contribution in [0.3, 0.4) is 0 Å². The van der Waals surface area contributed by atoms with Gasteiger partial charge in [0.15, 0.2) is 0 Å². The summed E-state index contributed by atoms with van der Waals surface area (Å²) in [5, 5.41) is 3.16. The van der Waals surface area contributed by atoms with Crippen molar-refractivity contribution in [1.82, 2.24) is 9.97 Å². The molecular weight excluding hydrogens is 360 g/mol. The zero-order valence-electron chi connectivity index (χ0n) is 10.5. The highest BCUT2D eigenvalue weighted by Crippen LogP contribution is 2.26. The van der Waals surface area contributed by atoms with Gasteiger partial charge < -0.3 is 10.7 Å². The van der Waals surface area contributed by atoms with Crippen molar-refractivity contribution in [2.45, 2.75) is 13.8 Å². The summed E-state index contributed by atoms with van der Waals surface area (Å²) >= 11 is 2.06. The van der Waals surface area contributed by atoms with Crippen molar-refractivity contribution in [2.75, 3.05) is 10.7 Å². The zero-order valence-corrected chi connectivity index (χ0v) is 12.6. The lowest BCUT2D eigenvalue weighted by Gasteiger charge is -2.13. The number of nitrogens with one attached hydrogen (secondary N) is 2. The molecule has 5 nitrogen and oxygen atoms in total. The second kappa shape index (κ2) is 5.66. The molecule has 0 saturated carbocycles. The van der Waals surface area contributed by atoms with E-state index in [2.05, 4.69) is 43.3 Å². The van der Waals surface area contributed by atoms with Crippen LogP contribution < -0.4 is 16.6 Å². The van der Waals surface area contributed by atoms with Crippen LogP contribution >= 0.6 is 22.6 Å². The minimum Gasteiger partial charge on any atom is -0.339 e. The van der Waals surface area contributed by atoms with Gasteiger partial charge in [0.1, 0.15) is 23.3 Å². The molecule has 19 heavy (non-hydrogen) atoms. The number of nitrogens with zero attached hydrogens (tertiary/aromatic N) is 2. The molecule has 0 atom stereocenters. The molecule has 0 radical (unpaired) electrons. The SMILES string of the molecule is Cc1nc(NN)c(C)c(Nc2ccc(F)cc2I)n1. The van der Waals surface area contributed by atoms with Crippen LogP contribution in [0.15, 0.2) is 18.2 Å². The van der Waals surface area contributed by atoms with Gasteiger partial charge in [0, 0.05) is 9.13 Å². The average Bonchev–Trinajstić information content (AvgIpc) is 2.36. The van der Waals surface area contributed by atoms with E-state index in [-0.39, 0.29) is 5.82 Å². The van der Waals surface area contributed by atoms with Crippen molar-refractivity contribution in [3.63, 3.8) is 0 Å². The highest BCUT2D eigenvalue weighted by Gasteiger charge is 2.10.